The van der Waals surface area contributed by atoms with Crippen molar-refractivity contribution >= 4 is 23.1 Å². The number of aromatic nitrogens is 5. The van der Waals surface area contributed by atoms with Crippen molar-refractivity contribution in [1.82, 2.24) is 29.0 Å². The molecule has 1 aliphatic heterocycles. The molecule has 1 aliphatic carbocycles. The van der Waals surface area contributed by atoms with Gasteiger partial charge in [-0.15, -0.1) is 10.2 Å². The number of halogens is 1. The second kappa shape index (κ2) is 7.21. The van der Waals surface area contributed by atoms with Gasteiger partial charge in [0.25, 0.3) is 0 Å². The number of rotatable bonds is 2. The van der Waals surface area contributed by atoms with E-state index in [1.165, 1.54) is 22.8 Å². The molecule has 2 aromatic heterocycles. The van der Waals surface area contributed by atoms with E-state index in [1.807, 2.05) is 13.0 Å². The van der Waals surface area contributed by atoms with Crippen molar-refractivity contribution in [3.63, 3.8) is 0 Å². The highest BCUT2D eigenvalue weighted by atomic mass is 35.5. The third-order valence-electron chi connectivity index (χ3n) is 5.89. The highest BCUT2D eigenvalue weighted by Crippen LogP contribution is 2.40. The van der Waals surface area contributed by atoms with Crippen LogP contribution in [0.4, 0.5) is 0 Å². The number of benzene rings is 1. The molecule has 1 aromatic carbocycles. The van der Waals surface area contributed by atoms with Crippen molar-refractivity contribution in [1.29, 1.82) is 0 Å². The molecule has 2 aliphatic rings. The van der Waals surface area contributed by atoms with Crippen LogP contribution < -0.4 is 0 Å². The molecule has 6 nitrogen and oxygen atoms in total. The van der Waals surface area contributed by atoms with Gasteiger partial charge in [0.1, 0.15) is 16.7 Å². The predicted molar refractivity (Wildman–Crippen MR) is 110 cm³/mol. The van der Waals surface area contributed by atoms with Gasteiger partial charge in [-0.1, -0.05) is 11.6 Å². The topological polar surface area (TPSA) is 59.7 Å². The normalized spacial score (nSPS) is 22.5. The maximum absolute atomic E-state index is 6.27. The van der Waals surface area contributed by atoms with Crippen LogP contribution in [0.5, 0.6) is 0 Å². The predicted octanol–water partition coefficient (Wildman–Crippen LogP) is 4.47. The Hall–Kier alpha value is -1.83. The second-order valence-electron chi connectivity index (χ2n) is 7.98. The van der Waals surface area contributed by atoms with Crippen LogP contribution in [0.15, 0.2) is 18.2 Å². The molecular weight excluding hydrogens is 392 g/mol. The number of hydrogen-bond acceptors (Lipinski definition) is 6. The lowest BCUT2D eigenvalue weighted by molar-refractivity contribution is 0.315. The number of nitrogens with zero attached hydrogens (tertiary/aromatic N) is 6. The summed E-state index contributed by atoms with van der Waals surface area (Å²) in [6.45, 7) is 3.68. The summed E-state index contributed by atoms with van der Waals surface area (Å²) in [5.41, 5.74) is 2.40. The summed E-state index contributed by atoms with van der Waals surface area (Å²) >= 11 is 7.78. The SMILES string of the molecule is Cc1nc([C@H]2CC[C@H](c3nnc4n3-c3ccc(Cl)cc3CN(C)C4)CC2)ns1. The van der Waals surface area contributed by atoms with E-state index in [-0.39, 0.29) is 0 Å². The first-order chi connectivity index (χ1) is 13.6. The van der Waals surface area contributed by atoms with Crippen molar-refractivity contribution in [2.45, 2.75) is 57.5 Å². The van der Waals surface area contributed by atoms with Gasteiger partial charge in [-0.25, -0.2) is 4.98 Å². The lowest BCUT2D eigenvalue weighted by atomic mass is 9.81. The van der Waals surface area contributed by atoms with Crippen molar-refractivity contribution in [2.24, 2.45) is 0 Å². The van der Waals surface area contributed by atoms with Gasteiger partial charge in [0.15, 0.2) is 5.82 Å². The lowest BCUT2D eigenvalue weighted by Crippen LogP contribution is -2.17. The van der Waals surface area contributed by atoms with Gasteiger partial charge in [-0.05, 0) is 74.9 Å². The maximum Gasteiger partial charge on any atom is 0.151 e. The van der Waals surface area contributed by atoms with Crippen LogP contribution in [0.3, 0.4) is 0 Å². The highest BCUT2D eigenvalue weighted by Gasteiger charge is 2.31. The first-order valence-electron chi connectivity index (χ1n) is 9.80. The van der Waals surface area contributed by atoms with E-state index in [0.29, 0.717) is 11.8 Å². The number of hydrogen-bond donors (Lipinski definition) is 0. The Balaban J connectivity index is 1.45. The Labute approximate surface area is 173 Å². The number of aryl methyl sites for hydroxylation is 1. The van der Waals surface area contributed by atoms with Gasteiger partial charge < -0.3 is 0 Å². The fourth-order valence-electron chi connectivity index (χ4n) is 4.54. The zero-order chi connectivity index (χ0) is 19.3. The standard InChI is InChI=1S/C20H23ClN6S/c1-12-22-19(25-28-12)13-3-5-14(6-4-13)20-24-23-18-11-26(2)10-15-9-16(21)7-8-17(15)27(18)20/h7-9,13-14H,3-6,10-11H2,1-2H3/t13-,14-. The van der Waals surface area contributed by atoms with Crippen LogP contribution in [0.2, 0.25) is 5.02 Å². The molecule has 3 heterocycles. The summed E-state index contributed by atoms with van der Waals surface area (Å²) < 4.78 is 6.82. The third-order valence-corrected chi connectivity index (χ3v) is 6.76. The van der Waals surface area contributed by atoms with E-state index >= 15 is 0 Å². The Kier molecular flexibility index (Phi) is 4.69. The van der Waals surface area contributed by atoms with Crippen molar-refractivity contribution in [3.8, 4) is 5.69 Å². The van der Waals surface area contributed by atoms with Gasteiger partial charge in [0.05, 0.1) is 12.2 Å². The maximum atomic E-state index is 6.27. The fourth-order valence-corrected chi connectivity index (χ4v) is 5.28. The van der Waals surface area contributed by atoms with Crippen molar-refractivity contribution in [3.05, 3.63) is 51.3 Å². The minimum atomic E-state index is 0.421. The molecule has 8 heteroatoms. The first kappa shape index (κ1) is 18.2. The smallest absolute Gasteiger partial charge is 0.151 e. The molecule has 5 rings (SSSR count). The van der Waals surface area contributed by atoms with E-state index in [0.717, 1.165) is 66.3 Å². The second-order valence-corrected chi connectivity index (χ2v) is 9.37. The van der Waals surface area contributed by atoms with Gasteiger partial charge >= 0.3 is 0 Å². The zero-order valence-corrected chi connectivity index (χ0v) is 17.7. The first-order valence-corrected chi connectivity index (χ1v) is 11.0. The molecule has 0 N–H and O–H groups in total. The molecule has 1 fully saturated rings. The Bertz CT molecular complexity index is 1000. The van der Waals surface area contributed by atoms with Crippen molar-refractivity contribution in [2.75, 3.05) is 7.05 Å². The van der Waals surface area contributed by atoms with Crippen LogP contribution in [-0.4, -0.2) is 36.1 Å². The molecule has 0 bridgehead atoms. The average molecular weight is 415 g/mol. The molecule has 3 aromatic rings. The summed E-state index contributed by atoms with van der Waals surface area (Å²) in [4.78, 5) is 6.87. The summed E-state index contributed by atoms with van der Waals surface area (Å²) in [6, 6.07) is 6.15. The Morgan fingerprint density at radius 3 is 2.61 bits per heavy atom. The average Bonchev–Trinajstić information content (AvgIpc) is 3.25. The molecule has 0 radical (unpaired) electrons. The van der Waals surface area contributed by atoms with Gasteiger partial charge in [-0.2, -0.15) is 4.37 Å². The largest absolute Gasteiger partial charge is 0.295 e. The van der Waals surface area contributed by atoms with Crippen LogP contribution in [0.1, 0.15) is 65.6 Å². The Morgan fingerprint density at radius 2 is 1.86 bits per heavy atom. The quantitative estimate of drug-likeness (QED) is 0.619. The minimum absolute atomic E-state index is 0.421. The lowest BCUT2D eigenvalue weighted by Gasteiger charge is -2.27. The molecule has 28 heavy (non-hydrogen) atoms. The van der Waals surface area contributed by atoms with E-state index in [4.69, 9.17) is 11.6 Å². The van der Waals surface area contributed by atoms with Crippen LogP contribution >= 0.6 is 23.1 Å². The van der Waals surface area contributed by atoms with Crippen LogP contribution in [0.25, 0.3) is 5.69 Å². The molecule has 0 saturated heterocycles. The molecule has 0 atom stereocenters. The molecule has 1 saturated carbocycles. The van der Waals surface area contributed by atoms with E-state index < -0.39 is 0 Å². The van der Waals surface area contributed by atoms with Crippen molar-refractivity contribution < 1.29 is 0 Å². The monoisotopic (exact) mass is 414 g/mol. The minimum Gasteiger partial charge on any atom is -0.295 e. The summed E-state index contributed by atoms with van der Waals surface area (Å²) in [6.07, 6.45) is 4.41. The Morgan fingerprint density at radius 1 is 1.07 bits per heavy atom. The molecular formula is C20H23ClN6S. The van der Waals surface area contributed by atoms with E-state index in [1.54, 1.807) is 0 Å². The van der Waals surface area contributed by atoms with Crippen LogP contribution in [-0.2, 0) is 13.1 Å². The van der Waals surface area contributed by atoms with Crippen LogP contribution in [0, 0.1) is 6.92 Å². The van der Waals surface area contributed by atoms with E-state index in [2.05, 4.69) is 48.2 Å². The highest BCUT2D eigenvalue weighted by molar-refractivity contribution is 7.05. The molecule has 0 amide bonds. The summed E-state index contributed by atoms with van der Waals surface area (Å²) in [7, 11) is 2.11. The molecule has 146 valence electrons. The van der Waals surface area contributed by atoms with Gasteiger partial charge in [0, 0.05) is 23.4 Å². The molecule has 0 spiro atoms. The third kappa shape index (κ3) is 3.25. The molecule has 0 unspecified atom stereocenters. The zero-order valence-electron chi connectivity index (χ0n) is 16.1. The summed E-state index contributed by atoms with van der Waals surface area (Å²) in [5, 5.41) is 11.0. The summed E-state index contributed by atoms with van der Waals surface area (Å²) in [5.74, 6) is 4.03. The van der Waals surface area contributed by atoms with Gasteiger partial charge in [0.2, 0.25) is 0 Å². The number of fused-ring (bicyclic) bond motifs is 3. The van der Waals surface area contributed by atoms with Gasteiger partial charge in [-0.3, -0.25) is 9.47 Å². The fraction of sp³-hybridized carbons (Fsp3) is 0.500. The van der Waals surface area contributed by atoms with E-state index in [9.17, 15) is 0 Å².